The predicted molar refractivity (Wildman–Crippen MR) is 282 cm³/mol. The Morgan fingerprint density at radius 2 is 1.34 bits per heavy atom. The first kappa shape index (κ1) is 43.9. The molecule has 337 valence electrons. The summed E-state index contributed by atoms with van der Waals surface area (Å²) in [4.78, 5) is 14.8. The van der Waals surface area contributed by atoms with Crippen LogP contribution in [0.1, 0.15) is 22.2 Å². The number of pyridine rings is 2. The first-order valence-corrected chi connectivity index (χ1v) is 26.9. The molecule has 11 rings (SSSR count). The monoisotopic (exact) mass is 1100 g/mol. The van der Waals surface area contributed by atoms with Crippen molar-refractivity contribution in [1.29, 1.82) is 0 Å². The first-order chi connectivity index (χ1) is 33.3. The molecule has 0 bridgehead atoms. The number of hydrogen-bond donors (Lipinski definition) is 0. The van der Waals surface area contributed by atoms with E-state index < -0.39 is 14.4 Å². The molecule has 11 aromatic rings. The fourth-order valence-electron chi connectivity index (χ4n) is 8.57. The summed E-state index contributed by atoms with van der Waals surface area (Å²) in [6.07, 6.45) is 2.47. The third kappa shape index (κ3) is 9.56. The smallest absolute Gasteiger partial charge is 0.123 e. The minimum absolute atomic E-state index is 0. The third-order valence-corrected chi connectivity index (χ3v) is 15.0. The van der Waals surface area contributed by atoms with Crippen LogP contribution in [0.2, 0.25) is 19.6 Å². The Kier molecular flexibility index (Phi) is 12.8. The van der Waals surface area contributed by atoms with E-state index in [9.17, 15) is 4.39 Å². The largest absolute Gasteiger partial charge is 0.333 e. The number of benzene rings is 7. The number of aromatic nitrogens is 4. The molecule has 0 amide bonds. The van der Waals surface area contributed by atoms with Crippen LogP contribution in [-0.2, 0) is 26.5 Å². The van der Waals surface area contributed by atoms with Gasteiger partial charge in [-0.3, -0.25) is 9.97 Å². The zero-order chi connectivity index (χ0) is 47.9. The van der Waals surface area contributed by atoms with Gasteiger partial charge < -0.3 is 9.55 Å². The van der Waals surface area contributed by atoms with E-state index in [1.54, 1.807) is 11.3 Å². The van der Waals surface area contributed by atoms with Gasteiger partial charge in [-0.1, -0.05) is 164 Å². The maximum absolute atomic E-state index is 14.0. The number of hydrogen-bond acceptors (Lipinski definition) is 4. The summed E-state index contributed by atoms with van der Waals surface area (Å²) < 4.78 is 35.4. The molecule has 0 saturated carbocycles. The number of imidazole rings is 1. The van der Waals surface area contributed by atoms with Crippen LogP contribution in [0.25, 0.3) is 93.0 Å². The Morgan fingerprint density at radius 3 is 2.01 bits per heavy atom. The average Bonchev–Trinajstić information content (AvgIpc) is 3.96. The van der Waals surface area contributed by atoms with Crippen LogP contribution in [0.4, 0.5) is 4.39 Å². The van der Waals surface area contributed by atoms with Crippen molar-refractivity contribution in [2.24, 2.45) is 5.92 Å². The Morgan fingerprint density at radius 1 is 0.691 bits per heavy atom. The van der Waals surface area contributed by atoms with Gasteiger partial charge in [0.25, 0.3) is 0 Å². The summed E-state index contributed by atoms with van der Waals surface area (Å²) in [5.74, 6) is 0.458. The van der Waals surface area contributed by atoms with Crippen molar-refractivity contribution in [3.63, 3.8) is 0 Å². The molecule has 0 fully saturated rings. The Labute approximate surface area is 419 Å². The second-order valence-corrected chi connectivity index (χ2v) is 24.0. The van der Waals surface area contributed by atoms with Gasteiger partial charge in [0.1, 0.15) is 5.82 Å². The van der Waals surface area contributed by atoms with E-state index in [1.807, 2.05) is 111 Å². The Balaban J connectivity index is 0.000000224. The molecular weight excluding hydrogens is 1050 g/mol. The summed E-state index contributed by atoms with van der Waals surface area (Å²) in [5.41, 5.74) is 13.6. The zero-order valence-corrected chi connectivity index (χ0v) is 42.6. The van der Waals surface area contributed by atoms with E-state index in [0.29, 0.717) is 0 Å². The van der Waals surface area contributed by atoms with E-state index in [2.05, 4.69) is 120 Å². The van der Waals surface area contributed by atoms with E-state index in [1.165, 1.54) is 17.7 Å². The fraction of sp³-hybridized carbons (Fsp3) is 0.117. The predicted octanol–water partition coefficient (Wildman–Crippen LogP) is 15.7. The minimum Gasteiger partial charge on any atom is -0.333 e. The zero-order valence-electron chi connectivity index (χ0n) is 40.4. The summed E-state index contributed by atoms with van der Waals surface area (Å²) >= 11 is 1.70. The maximum Gasteiger partial charge on any atom is 0.123 e. The molecular formula is C60H49FIrN4SSi-2. The van der Waals surface area contributed by atoms with Crippen molar-refractivity contribution < 1.29 is 27.2 Å². The van der Waals surface area contributed by atoms with Crippen LogP contribution >= 0.6 is 11.3 Å². The van der Waals surface area contributed by atoms with Crippen molar-refractivity contribution in [3.05, 3.63) is 212 Å². The summed E-state index contributed by atoms with van der Waals surface area (Å²) in [6.45, 7) is 10.6. The Hall–Kier alpha value is -6.67. The second-order valence-electron chi connectivity index (χ2n) is 17.9. The third-order valence-electron chi connectivity index (χ3n) is 11.8. The number of fused-ring (bicyclic) bond motifs is 4. The molecule has 0 aliphatic heterocycles. The van der Waals surface area contributed by atoms with Gasteiger partial charge in [0, 0.05) is 51.2 Å². The van der Waals surface area contributed by atoms with Gasteiger partial charge in [-0.2, -0.15) is 11.3 Å². The molecule has 0 aliphatic carbocycles. The number of para-hydroxylation sites is 2. The molecule has 4 heterocycles. The first-order valence-electron chi connectivity index (χ1n) is 23.6. The van der Waals surface area contributed by atoms with Crippen LogP contribution < -0.4 is 5.19 Å². The number of rotatable bonds is 9. The van der Waals surface area contributed by atoms with Crippen LogP contribution in [-0.4, -0.2) is 27.6 Å². The summed E-state index contributed by atoms with van der Waals surface area (Å²) in [7, 11) is -1.67. The average molecular weight is 1100 g/mol. The molecule has 0 unspecified atom stereocenters. The molecule has 68 heavy (non-hydrogen) atoms. The van der Waals surface area contributed by atoms with Gasteiger partial charge in [-0.15, -0.1) is 48.0 Å². The molecule has 4 aromatic heterocycles. The quantitative estimate of drug-likeness (QED) is 0.107. The second kappa shape index (κ2) is 19.9. The van der Waals surface area contributed by atoms with E-state index in [0.717, 1.165) is 98.2 Å². The molecule has 0 atom stereocenters. The van der Waals surface area contributed by atoms with Crippen molar-refractivity contribution in [2.45, 2.75) is 39.9 Å². The van der Waals surface area contributed by atoms with Gasteiger partial charge in [0.2, 0.25) is 0 Å². The SMILES string of the molecule is Fc1ccc(-c2c[c-]c(-c3nc4ccccc4n3-c3ccc(-c4ccccc4)cc3)c3sc4cc(-c5ccccc5)cnc4c23)cc1.[2H]C([2H])(c1cc(-c2[c-]cccc2)ncc1[Si](C)(C)C)C(C)C.[Ir]. The molecule has 7 aromatic carbocycles. The Bertz CT molecular complexity index is 3600. The molecule has 8 heteroatoms. The van der Waals surface area contributed by atoms with Crippen LogP contribution in [0.5, 0.6) is 0 Å². The van der Waals surface area contributed by atoms with Crippen LogP contribution in [0, 0.1) is 23.9 Å². The number of nitrogens with zero attached hydrogens (tertiary/aromatic N) is 4. The van der Waals surface area contributed by atoms with Gasteiger partial charge >= 0.3 is 0 Å². The topological polar surface area (TPSA) is 43.6 Å². The molecule has 0 N–H and O–H groups in total. The van der Waals surface area contributed by atoms with Crippen LogP contribution in [0.15, 0.2) is 188 Å². The van der Waals surface area contributed by atoms with E-state index >= 15 is 0 Å². The van der Waals surface area contributed by atoms with Gasteiger partial charge in [-0.05, 0) is 87.0 Å². The standard InChI is InChI=1S/C42H25FN3S.C18H24NSi.Ir/c43-32-19-15-30(16-20-32)34-23-24-35(41-39(34)40-38(47-41)25-31(26-44-40)28-11-5-2-6-12-28)42-45-36-13-7-8-14-37(36)46(42)33-21-17-29(18-22-33)27-9-3-1-4-10-27;1-14(2)11-16-12-17(15-9-7-6-8-10-15)19-13-18(16)20(3,4)5;/h1-23,25-26H;6-9,12-14H,11H2,1-5H3;/q2*-1;/i;11D2;. The fourth-order valence-corrected chi connectivity index (χ4v) is 11.2. The number of thiophene rings is 1. The van der Waals surface area contributed by atoms with Crippen LogP contribution in [0.3, 0.4) is 0 Å². The van der Waals surface area contributed by atoms with Gasteiger partial charge in [0.05, 0.1) is 30.4 Å². The van der Waals surface area contributed by atoms with Crippen molar-refractivity contribution in [3.8, 4) is 61.7 Å². The van der Waals surface area contributed by atoms with Crippen molar-refractivity contribution >= 4 is 55.9 Å². The van der Waals surface area contributed by atoms with Gasteiger partial charge in [-0.25, -0.2) is 4.39 Å². The number of halogens is 1. The minimum atomic E-state index is -1.67. The normalized spacial score (nSPS) is 12.1. The molecule has 0 spiro atoms. The van der Waals surface area contributed by atoms with Crippen molar-refractivity contribution in [2.75, 3.05) is 0 Å². The summed E-state index contributed by atoms with van der Waals surface area (Å²) in [6, 6.07) is 64.9. The molecule has 0 saturated heterocycles. The molecule has 0 aliphatic rings. The maximum atomic E-state index is 14.0. The molecule has 1 radical (unpaired) electrons. The van der Waals surface area contributed by atoms with E-state index in [-0.39, 0.29) is 31.8 Å². The van der Waals surface area contributed by atoms with Gasteiger partial charge in [0.15, 0.2) is 0 Å². The summed E-state index contributed by atoms with van der Waals surface area (Å²) in [5, 5.41) is 2.12. The van der Waals surface area contributed by atoms with Crippen molar-refractivity contribution in [1.82, 2.24) is 19.5 Å². The van der Waals surface area contributed by atoms with E-state index in [4.69, 9.17) is 12.7 Å². The molecule has 4 nitrogen and oxygen atoms in total.